The molecule has 33 heavy (non-hydrogen) atoms. The van der Waals surface area contributed by atoms with Crippen molar-refractivity contribution >= 4 is 23.3 Å². The molecule has 0 unspecified atom stereocenters. The summed E-state index contributed by atoms with van der Waals surface area (Å²) >= 11 is 0. The number of hydrogen-bond donors (Lipinski definition) is 1. The fourth-order valence-corrected chi connectivity index (χ4v) is 4.65. The van der Waals surface area contributed by atoms with Gasteiger partial charge < -0.3 is 23.8 Å². The smallest absolute Gasteiger partial charge is 0.174 e. The SMILES string of the molecule is C=C(OCC)[C@]1(O)c2c(C=C(C)C)c(OC)cc(OC)c2-c2noc3cc(C)c(C=O)c1c23. The quantitative estimate of drug-likeness (QED) is 0.394. The average molecular weight is 450 g/mol. The molecule has 172 valence electrons. The van der Waals surface area contributed by atoms with Gasteiger partial charge in [-0.1, -0.05) is 23.4 Å². The summed E-state index contributed by atoms with van der Waals surface area (Å²) in [6, 6.07) is 3.48. The highest BCUT2D eigenvalue weighted by Crippen LogP contribution is 2.57. The summed E-state index contributed by atoms with van der Waals surface area (Å²) in [5, 5.41) is 17.4. The van der Waals surface area contributed by atoms with Gasteiger partial charge in [-0.3, -0.25) is 4.79 Å². The normalized spacial score (nSPS) is 16.2. The summed E-state index contributed by atoms with van der Waals surface area (Å²) in [5.74, 6) is 0.995. The van der Waals surface area contributed by atoms with Crippen molar-refractivity contribution in [3.8, 4) is 22.8 Å². The first kappa shape index (κ1) is 22.6. The first-order chi connectivity index (χ1) is 15.7. The number of methoxy groups -OCH3 is 2. The maximum absolute atomic E-state index is 12.6. The third-order valence-electron chi connectivity index (χ3n) is 5.98. The third kappa shape index (κ3) is 3.07. The molecule has 1 aliphatic carbocycles. The van der Waals surface area contributed by atoms with E-state index in [1.165, 1.54) is 7.11 Å². The molecule has 1 N–H and O–H groups in total. The summed E-state index contributed by atoms with van der Waals surface area (Å²) in [6.45, 7) is 11.8. The predicted molar refractivity (Wildman–Crippen MR) is 126 cm³/mol. The van der Waals surface area contributed by atoms with E-state index >= 15 is 0 Å². The van der Waals surface area contributed by atoms with Crippen LogP contribution in [0.5, 0.6) is 11.5 Å². The molecule has 1 aromatic heterocycles. The van der Waals surface area contributed by atoms with Crippen LogP contribution >= 0.6 is 0 Å². The van der Waals surface area contributed by atoms with Crippen molar-refractivity contribution in [2.75, 3.05) is 20.8 Å². The Balaban J connectivity index is 2.35. The van der Waals surface area contributed by atoms with Gasteiger partial charge in [0.1, 0.15) is 23.0 Å². The summed E-state index contributed by atoms with van der Waals surface area (Å²) < 4.78 is 22.9. The maximum Gasteiger partial charge on any atom is 0.174 e. The van der Waals surface area contributed by atoms with Gasteiger partial charge in [-0.25, -0.2) is 0 Å². The molecule has 1 heterocycles. The predicted octanol–water partition coefficient (Wildman–Crippen LogP) is 5.16. The lowest BCUT2D eigenvalue weighted by molar-refractivity contribution is 0.0432. The Morgan fingerprint density at radius 1 is 1.18 bits per heavy atom. The van der Waals surface area contributed by atoms with Gasteiger partial charge in [0.05, 0.1) is 31.8 Å². The Morgan fingerprint density at radius 2 is 1.88 bits per heavy atom. The minimum Gasteiger partial charge on any atom is -0.496 e. The van der Waals surface area contributed by atoms with E-state index in [9.17, 15) is 9.90 Å². The van der Waals surface area contributed by atoms with Gasteiger partial charge in [-0.15, -0.1) is 0 Å². The van der Waals surface area contributed by atoms with E-state index < -0.39 is 5.60 Å². The van der Waals surface area contributed by atoms with Crippen LogP contribution in [0.15, 0.2) is 34.6 Å². The largest absolute Gasteiger partial charge is 0.496 e. The molecular formula is C26H27NO6. The minimum atomic E-state index is -1.91. The lowest BCUT2D eigenvalue weighted by Crippen LogP contribution is -2.36. The number of carbonyl (C=O) groups is 1. The highest BCUT2D eigenvalue weighted by Gasteiger charge is 2.50. The third-order valence-corrected chi connectivity index (χ3v) is 5.98. The van der Waals surface area contributed by atoms with Crippen LogP contribution in [0.25, 0.3) is 28.3 Å². The molecule has 7 heteroatoms. The number of aryl methyl sites for hydroxylation is 1. The van der Waals surface area contributed by atoms with E-state index in [1.807, 2.05) is 19.9 Å². The number of nitrogens with zero attached hydrogens (tertiary/aromatic N) is 1. The molecule has 0 fully saturated rings. The summed E-state index contributed by atoms with van der Waals surface area (Å²) in [7, 11) is 3.08. The lowest BCUT2D eigenvalue weighted by Gasteiger charge is -2.38. The highest BCUT2D eigenvalue weighted by atomic mass is 16.5. The lowest BCUT2D eigenvalue weighted by atomic mass is 9.70. The second-order valence-corrected chi connectivity index (χ2v) is 8.24. The molecule has 0 aliphatic heterocycles. The topological polar surface area (TPSA) is 91.0 Å². The second kappa shape index (κ2) is 8.08. The van der Waals surface area contributed by atoms with Crippen molar-refractivity contribution in [1.29, 1.82) is 0 Å². The van der Waals surface area contributed by atoms with Crippen LogP contribution < -0.4 is 9.47 Å². The number of rotatable bonds is 7. The van der Waals surface area contributed by atoms with Gasteiger partial charge in [-0.2, -0.15) is 0 Å². The van der Waals surface area contributed by atoms with Gasteiger partial charge in [0.2, 0.25) is 0 Å². The zero-order chi connectivity index (χ0) is 24.1. The van der Waals surface area contributed by atoms with Gasteiger partial charge in [0, 0.05) is 28.3 Å². The zero-order valence-electron chi connectivity index (χ0n) is 19.7. The summed E-state index contributed by atoms with van der Waals surface area (Å²) in [6.07, 6.45) is 2.63. The minimum absolute atomic E-state index is 0.0758. The number of benzene rings is 2. The van der Waals surface area contributed by atoms with Crippen molar-refractivity contribution in [3.63, 3.8) is 0 Å². The van der Waals surface area contributed by atoms with Gasteiger partial charge in [0.15, 0.2) is 17.5 Å². The van der Waals surface area contributed by atoms with E-state index in [0.29, 0.717) is 61.5 Å². The van der Waals surface area contributed by atoms with Crippen molar-refractivity contribution in [2.45, 2.75) is 33.3 Å². The number of aldehydes is 1. The van der Waals surface area contributed by atoms with Crippen molar-refractivity contribution in [3.05, 3.63) is 57.9 Å². The highest BCUT2D eigenvalue weighted by molar-refractivity contribution is 6.06. The number of aromatic nitrogens is 1. The van der Waals surface area contributed by atoms with E-state index in [0.717, 1.165) is 11.9 Å². The van der Waals surface area contributed by atoms with Crippen molar-refractivity contribution in [2.24, 2.45) is 0 Å². The number of hydrogen-bond acceptors (Lipinski definition) is 7. The number of allylic oxidation sites excluding steroid dienone is 1. The number of carbonyl (C=O) groups excluding carboxylic acids is 1. The monoisotopic (exact) mass is 449 g/mol. The number of ether oxygens (including phenoxy) is 3. The van der Waals surface area contributed by atoms with Crippen LogP contribution in [0.3, 0.4) is 0 Å². The Morgan fingerprint density at radius 3 is 2.45 bits per heavy atom. The molecule has 0 bridgehead atoms. The maximum atomic E-state index is 12.6. The molecule has 7 nitrogen and oxygen atoms in total. The summed E-state index contributed by atoms with van der Waals surface area (Å²) in [4.78, 5) is 12.3. The molecule has 0 amide bonds. The van der Waals surface area contributed by atoms with E-state index in [-0.39, 0.29) is 12.4 Å². The standard InChI is InChI=1S/C26H27NO6/c1-8-32-15(5)26(29)23-16(9-13(2)3)18(30-6)11-19(31-7)21(23)25-22-20(33-27-25)10-14(4)17(12-28)24(22)26/h9-12,29H,5,8H2,1-4,6-7H3/t26-/m0/s1. The van der Waals surface area contributed by atoms with E-state index in [4.69, 9.17) is 18.7 Å². The molecule has 0 radical (unpaired) electrons. The molecule has 0 saturated heterocycles. The molecule has 3 aromatic rings. The fraction of sp³-hybridized carbons (Fsp3) is 0.308. The van der Waals surface area contributed by atoms with Crippen LogP contribution in [0.2, 0.25) is 0 Å². The molecule has 2 aromatic carbocycles. The molecule has 1 aliphatic rings. The second-order valence-electron chi connectivity index (χ2n) is 8.24. The average Bonchev–Trinajstić information content (AvgIpc) is 3.19. The van der Waals surface area contributed by atoms with Crippen LogP contribution in [0.1, 0.15) is 53.4 Å². The Labute approximate surface area is 192 Å². The Kier molecular flexibility index (Phi) is 5.54. The van der Waals surface area contributed by atoms with Crippen molar-refractivity contribution in [1.82, 2.24) is 5.16 Å². The van der Waals surface area contributed by atoms with Crippen LogP contribution in [-0.4, -0.2) is 37.4 Å². The van der Waals surface area contributed by atoms with Crippen LogP contribution in [0.4, 0.5) is 0 Å². The zero-order valence-corrected chi connectivity index (χ0v) is 19.7. The first-order valence-electron chi connectivity index (χ1n) is 10.6. The van der Waals surface area contributed by atoms with Crippen LogP contribution in [-0.2, 0) is 10.3 Å². The molecule has 1 atom stereocenters. The Hall–Kier alpha value is -3.58. The molecule has 0 spiro atoms. The van der Waals surface area contributed by atoms with Gasteiger partial charge in [0.25, 0.3) is 0 Å². The fourth-order valence-electron chi connectivity index (χ4n) is 4.65. The number of aliphatic hydroxyl groups is 1. The van der Waals surface area contributed by atoms with Gasteiger partial charge >= 0.3 is 0 Å². The Bertz CT molecular complexity index is 1330. The van der Waals surface area contributed by atoms with Crippen molar-refractivity contribution < 1.29 is 28.6 Å². The van der Waals surface area contributed by atoms with E-state index in [2.05, 4.69) is 11.7 Å². The van der Waals surface area contributed by atoms with Gasteiger partial charge in [-0.05, 0) is 39.3 Å². The van der Waals surface area contributed by atoms with E-state index in [1.54, 1.807) is 33.1 Å². The van der Waals surface area contributed by atoms with Crippen LogP contribution in [0, 0.1) is 6.92 Å². The molecule has 4 rings (SSSR count). The molecular weight excluding hydrogens is 422 g/mol. The summed E-state index contributed by atoms with van der Waals surface area (Å²) in [5.41, 5.74) is 2.81. The first-order valence-corrected chi connectivity index (χ1v) is 10.6. The number of fused-ring (bicyclic) bond motifs is 2. The molecule has 0 saturated carbocycles.